The van der Waals surface area contributed by atoms with Crippen molar-refractivity contribution in [2.45, 2.75) is 12.8 Å². The van der Waals surface area contributed by atoms with Crippen molar-refractivity contribution < 1.29 is 37.3 Å². The van der Waals surface area contributed by atoms with Gasteiger partial charge in [0.15, 0.2) is 0 Å². The Kier molecular flexibility index (Phi) is 7.00. The van der Waals surface area contributed by atoms with E-state index in [0.717, 1.165) is 6.07 Å². The van der Waals surface area contributed by atoms with Crippen LogP contribution in [0.25, 0.3) is 0 Å². The molecule has 0 fully saturated rings. The van der Waals surface area contributed by atoms with Gasteiger partial charge in [-0.25, -0.2) is 9.78 Å². The van der Waals surface area contributed by atoms with Crippen molar-refractivity contribution in [2.75, 3.05) is 0 Å². The summed E-state index contributed by atoms with van der Waals surface area (Å²) in [5, 5.41) is 9.59. The minimum absolute atomic E-state index is 0.00566. The number of pyridine rings is 1. The molecule has 182 valence electrons. The molecule has 9 heteroatoms. The lowest BCUT2D eigenvalue weighted by molar-refractivity contribution is -0.138. The molecule has 1 heterocycles. The number of carbonyl (C=O) groups excluding carboxylic acids is 1. The molecule has 1 aromatic heterocycles. The fraction of sp³-hybridized carbons (Fsp3) is 0.0741. The highest BCUT2D eigenvalue weighted by molar-refractivity contribution is 6.09. The zero-order valence-electron chi connectivity index (χ0n) is 18.5. The van der Waals surface area contributed by atoms with E-state index in [2.05, 4.69) is 4.98 Å². The molecular weight excluding hydrogens is 475 g/mol. The monoisotopic (exact) mass is 493 g/mol. The number of carboxylic acid groups (broad SMARTS) is 1. The van der Waals surface area contributed by atoms with E-state index in [1.165, 1.54) is 54.7 Å². The van der Waals surface area contributed by atoms with E-state index < -0.39 is 23.5 Å². The Labute approximate surface area is 203 Å². The van der Waals surface area contributed by atoms with Crippen LogP contribution in [-0.4, -0.2) is 21.8 Å². The summed E-state index contributed by atoms with van der Waals surface area (Å²) in [6, 6.07) is 20.4. The van der Waals surface area contributed by atoms with E-state index in [0.29, 0.717) is 5.75 Å². The lowest BCUT2D eigenvalue weighted by Crippen LogP contribution is -2.11. The normalized spacial score (nSPS) is 11.1. The van der Waals surface area contributed by atoms with Crippen LogP contribution in [0.15, 0.2) is 91.1 Å². The number of carboxylic acids is 1. The van der Waals surface area contributed by atoms with Gasteiger partial charge in [-0.2, -0.15) is 13.2 Å². The van der Waals surface area contributed by atoms with Gasteiger partial charge in [0.25, 0.3) is 0 Å². The van der Waals surface area contributed by atoms with Crippen molar-refractivity contribution in [1.29, 1.82) is 0 Å². The average molecular weight is 493 g/mol. The molecule has 0 saturated heterocycles. The minimum Gasteiger partial charge on any atom is -0.487 e. The molecule has 1 N–H and O–H groups in total. The van der Waals surface area contributed by atoms with Crippen molar-refractivity contribution in [3.8, 4) is 17.2 Å². The number of ketones is 1. The highest BCUT2D eigenvalue weighted by Crippen LogP contribution is 2.32. The third kappa shape index (κ3) is 5.69. The summed E-state index contributed by atoms with van der Waals surface area (Å²) in [6.07, 6.45) is -3.29. The predicted molar refractivity (Wildman–Crippen MR) is 123 cm³/mol. The fourth-order valence-electron chi connectivity index (χ4n) is 3.37. The smallest absolute Gasteiger partial charge is 0.416 e. The molecule has 0 radical (unpaired) electrons. The summed E-state index contributed by atoms with van der Waals surface area (Å²) in [7, 11) is 0. The van der Waals surface area contributed by atoms with Crippen LogP contribution in [0.4, 0.5) is 13.2 Å². The summed E-state index contributed by atoms with van der Waals surface area (Å²) in [6.45, 7) is -0.338. The van der Waals surface area contributed by atoms with Crippen LogP contribution < -0.4 is 9.47 Å². The standard InChI is InChI=1S/C27H18F3NO5/c28-27(29,30)22-9-5-4-6-18(22)16-35-20-11-12-23(31-15-20)25(32)17-10-13-24(21(14-17)26(33)34)36-19-7-2-1-3-8-19/h1-15H,16H2,(H,33,34). The number of nitrogens with zero attached hydrogens (tertiary/aromatic N) is 1. The van der Waals surface area contributed by atoms with Gasteiger partial charge in [0.05, 0.1) is 11.8 Å². The van der Waals surface area contributed by atoms with Gasteiger partial charge in [-0.3, -0.25) is 4.79 Å². The van der Waals surface area contributed by atoms with E-state index >= 15 is 0 Å². The molecule has 0 bridgehead atoms. The van der Waals surface area contributed by atoms with Crippen LogP contribution in [0.1, 0.15) is 37.5 Å². The number of hydrogen-bond acceptors (Lipinski definition) is 5. The van der Waals surface area contributed by atoms with Gasteiger partial charge in [-0.15, -0.1) is 0 Å². The van der Waals surface area contributed by atoms with Gasteiger partial charge in [0, 0.05) is 11.1 Å². The van der Waals surface area contributed by atoms with Crippen molar-refractivity contribution >= 4 is 11.8 Å². The van der Waals surface area contributed by atoms with Gasteiger partial charge >= 0.3 is 12.1 Å². The van der Waals surface area contributed by atoms with Crippen LogP contribution in [0.2, 0.25) is 0 Å². The number of benzene rings is 3. The summed E-state index contributed by atoms with van der Waals surface area (Å²) < 4.78 is 50.5. The number of rotatable bonds is 8. The Morgan fingerprint density at radius 1 is 0.861 bits per heavy atom. The molecule has 0 unspecified atom stereocenters. The van der Waals surface area contributed by atoms with Crippen LogP contribution in [0.3, 0.4) is 0 Å². The van der Waals surface area contributed by atoms with Gasteiger partial charge in [0.1, 0.15) is 35.1 Å². The maximum Gasteiger partial charge on any atom is 0.416 e. The molecule has 4 aromatic rings. The molecular formula is C27H18F3NO5. The lowest BCUT2D eigenvalue weighted by atomic mass is 10.0. The second-order valence-electron chi connectivity index (χ2n) is 7.58. The van der Waals surface area contributed by atoms with E-state index in [4.69, 9.17) is 9.47 Å². The Balaban J connectivity index is 1.49. The lowest BCUT2D eigenvalue weighted by Gasteiger charge is -2.13. The highest BCUT2D eigenvalue weighted by Gasteiger charge is 2.33. The summed E-state index contributed by atoms with van der Waals surface area (Å²) >= 11 is 0. The minimum atomic E-state index is -4.51. The van der Waals surface area contributed by atoms with Crippen LogP contribution in [0.5, 0.6) is 17.2 Å². The maximum atomic E-state index is 13.1. The Morgan fingerprint density at radius 3 is 2.25 bits per heavy atom. The Bertz CT molecular complexity index is 1390. The highest BCUT2D eigenvalue weighted by atomic mass is 19.4. The number of para-hydroxylation sites is 1. The third-order valence-corrected chi connectivity index (χ3v) is 5.13. The predicted octanol–water partition coefficient (Wildman–Crippen LogP) is 6.40. The molecule has 3 aromatic carbocycles. The second-order valence-corrected chi connectivity index (χ2v) is 7.58. The first kappa shape index (κ1) is 24.5. The van der Waals surface area contributed by atoms with Crippen molar-refractivity contribution in [2.24, 2.45) is 0 Å². The molecule has 0 aliphatic carbocycles. The van der Waals surface area contributed by atoms with Crippen molar-refractivity contribution in [3.05, 3.63) is 119 Å². The number of halogens is 3. The number of hydrogen-bond donors (Lipinski definition) is 1. The number of aromatic carboxylic acids is 1. The van der Waals surface area contributed by atoms with E-state index in [-0.39, 0.29) is 40.5 Å². The van der Waals surface area contributed by atoms with Crippen molar-refractivity contribution in [1.82, 2.24) is 4.98 Å². The molecule has 0 saturated carbocycles. The molecule has 6 nitrogen and oxygen atoms in total. The quantitative estimate of drug-likeness (QED) is 0.286. The zero-order valence-corrected chi connectivity index (χ0v) is 18.5. The SMILES string of the molecule is O=C(c1ccc(Oc2ccccc2)c(C(=O)O)c1)c1ccc(OCc2ccccc2C(F)(F)F)cn1. The van der Waals surface area contributed by atoms with Crippen LogP contribution in [-0.2, 0) is 12.8 Å². The van der Waals surface area contributed by atoms with E-state index in [1.54, 1.807) is 30.3 Å². The topological polar surface area (TPSA) is 85.7 Å². The largest absolute Gasteiger partial charge is 0.487 e. The van der Waals surface area contributed by atoms with E-state index in [1.807, 2.05) is 0 Å². The number of ether oxygens (including phenoxy) is 2. The average Bonchev–Trinajstić information content (AvgIpc) is 2.88. The first-order chi connectivity index (χ1) is 17.2. The molecule has 4 rings (SSSR count). The maximum absolute atomic E-state index is 13.1. The molecule has 0 spiro atoms. The molecule has 0 atom stereocenters. The fourth-order valence-corrected chi connectivity index (χ4v) is 3.37. The van der Waals surface area contributed by atoms with Gasteiger partial charge in [-0.05, 0) is 48.5 Å². The van der Waals surface area contributed by atoms with Gasteiger partial charge in [0.2, 0.25) is 5.78 Å². The molecule has 0 aliphatic heterocycles. The first-order valence-electron chi connectivity index (χ1n) is 10.6. The molecule has 0 aliphatic rings. The van der Waals surface area contributed by atoms with Gasteiger partial charge < -0.3 is 14.6 Å². The molecule has 0 amide bonds. The summed E-state index contributed by atoms with van der Waals surface area (Å²) in [5.74, 6) is -1.14. The van der Waals surface area contributed by atoms with Crippen LogP contribution >= 0.6 is 0 Å². The third-order valence-electron chi connectivity index (χ3n) is 5.13. The Morgan fingerprint density at radius 2 is 1.58 bits per heavy atom. The second kappa shape index (κ2) is 10.3. The zero-order chi connectivity index (χ0) is 25.7. The summed E-state index contributed by atoms with van der Waals surface area (Å²) in [4.78, 5) is 28.7. The summed E-state index contributed by atoms with van der Waals surface area (Å²) in [5.41, 5.74) is -0.949. The van der Waals surface area contributed by atoms with Crippen molar-refractivity contribution in [3.63, 3.8) is 0 Å². The number of aromatic nitrogens is 1. The van der Waals surface area contributed by atoms with Gasteiger partial charge in [-0.1, -0.05) is 36.4 Å². The first-order valence-corrected chi connectivity index (χ1v) is 10.6. The van der Waals surface area contributed by atoms with E-state index in [9.17, 15) is 27.9 Å². The molecule has 36 heavy (non-hydrogen) atoms. The Hall–Kier alpha value is -4.66. The van der Waals surface area contributed by atoms with Crippen LogP contribution in [0, 0.1) is 0 Å². The number of carbonyl (C=O) groups is 2. The number of alkyl halides is 3.